The van der Waals surface area contributed by atoms with E-state index in [0.717, 1.165) is 4.90 Å². The van der Waals surface area contributed by atoms with Gasteiger partial charge in [-0.25, -0.2) is 4.98 Å². The van der Waals surface area contributed by atoms with Crippen LogP contribution in [0, 0.1) is 10.1 Å². The molecular formula is C18H9Cl3N2O3S. The first kappa shape index (κ1) is 19.6. The van der Waals surface area contributed by atoms with Crippen LogP contribution in [0.2, 0.25) is 15.2 Å². The molecule has 0 amide bonds. The largest absolute Gasteiger partial charge is 0.289 e. The summed E-state index contributed by atoms with van der Waals surface area (Å²) in [5.41, 5.74) is 0.748. The third kappa shape index (κ3) is 4.59. The van der Waals surface area contributed by atoms with E-state index in [4.69, 9.17) is 34.8 Å². The SMILES string of the molecule is O=C(c1ccc(Sc2c(Cl)cc([N+](=O)[O-])cc2Cl)cc1)c1ccc(Cl)nc1. The van der Waals surface area contributed by atoms with Crippen molar-refractivity contribution in [2.45, 2.75) is 9.79 Å². The molecule has 9 heteroatoms. The van der Waals surface area contributed by atoms with Crippen molar-refractivity contribution in [3.05, 3.63) is 91.2 Å². The smallest absolute Gasteiger partial charge is 0.272 e. The number of rotatable bonds is 5. The van der Waals surface area contributed by atoms with Crippen LogP contribution in [-0.4, -0.2) is 15.7 Å². The van der Waals surface area contributed by atoms with Gasteiger partial charge in [-0.05, 0) is 36.4 Å². The molecule has 3 rings (SSSR count). The van der Waals surface area contributed by atoms with Crippen molar-refractivity contribution < 1.29 is 9.72 Å². The minimum Gasteiger partial charge on any atom is -0.289 e. The van der Waals surface area contributed by atoms with Gasteiger partial charge in [-0.15, -0.1) is 0 Å². The molecule has 27 heavy (non-hydrogen) atoms. The number of ketones is 1. The highest BCUT2D eigenvalue weighted by Crippen LogP contribution is 2.41. The number of pyridine rings is 1. The van der Waals surface area contributed by atoms with Crippen molar-refractivity contribution in [3.8, 4) is 0 Å². The van der Waals surface area contributed by atoms with Crippen LogP contribution >= 0.6 is 46.6 Å². The molecule has 0 saturated heterocycles. The van der Waals surface area contributed by atoms with Crippen LogP contribution in [0.5, 0.6) is 0 Å². The molecule has 0 bridgehead atoms. The Hall–Kier alpha value is -2.12. The highest BCUT2D eigenvalue weighted by molar-refractivity contribution is 7.99. The van der Waals surface area contributed by atoms with E-state index in [1.807, 2.05) is 0 Å². The lowest BCUT2D eigenvalue weighted by Gasteiger charge is -2.08. The summed E-state index contributed by atoms with van der Waals surface area (Å²) in [6.45, 7) is 0. The molecule has 0 atom stereocenters. The molecule has 0 N–H and O–H groups in total. The van der Waals surface area contributed by atoms with Crippen molar-refractivity contribution in [1.29, 1.82) is 0 Å². The molecule has 0 saturated carbocycles. The van der Waals surface area contributed by atoms with E-state index >= 15 is 0 Å². The Morgan fingerprint density at radius 1 is 0.963 bits per heavy atom. The van der Waals surface area contributed by atoms with E-state index in [2.05, 4.69) is 4.98 Å². The molecule has 5 nitrogen and oxygen atoms in total. The quantitative estimate of drug-likeness (QED) is 0.201. The lowest BCUT2D eigenvalue weighted by atomic mass is 10.1. The van der Waals surface area contributed by atoms with E-state index in [0.29, 0.717) is 21.2 Å². The van der Waals surface area contributed by atoms with Crippen molar-refractivity contribution >= 4 is 58.0 Å². The number of hydrogen-bond donors (Lipinski definition) is 0. The number of carbonyl (C=O) groups excluding carboxylic acids is 1. The summed E-state index contributed by atoms with van der Waals surface area (Å²) in [5.74, 6) is -0.179. The highest BCUT2D eigenvalue weighted by Gasteiger charge is 2.16. The predicted molar refractivity (Wildman–Crippen MR) is 106 cm³/mol. The van der Waals surface area contributed by atoms with Crippen LogP contribution < -0.4 is 0 Å². The molecule has 0 unspecified atom stereocenters. The van der Waals surface area contributed by atoms with Gasteiger partial charge in [-0.2, -0.15) is 0 Å². The molecule has 0 aliphatic heterocycles. The number of non-ortho nitro benzene ring substituents is 1. The average molecular weight is 440 g/mol. The normalized spacial score (nSPS) is 10.6. The van der Waals surface area contributed by atoms with Gasteiger partial charge in [0.25, 0.3) is 5.69 Å². The Bertz CT molecular complexity index is 1000. The molecule has 2 aromatic carbocycles. The van der Waals surface area contributed by atoms with Gasteiger partial charge in [0.2, 0.25) is 0 Å². The number of nitro groups is 1. The van der Waals surface area contributed by atoms with Gasteiger partial charge >= 0.3 is 0 Å². The van der Waals surface area contributed by atoms with Crippen LogP contribution in [0.15, 0.2) is 64.5 Å². The summed E-state index contributed by atoms with van der Waals surface area (Å²) in [7, 11) is 0. The summed E-state index contributed by atoms with van der Waals surface area (Å²) in [6.07, 6.45) is 1.42. The van der Waals surface area contributed by atoms with Gasteiger partial charge in [0.15, 0.2) is 5.78 Å². The van der Waals surface area contributed by atoms with E-state index in [-0.39, 0.29) is 21.5 Å². The maximum Gasteiger partial charge on any atom is 0.272 e. The summed E-state index contributed by atoms with van der Waals surface area (Å²) in [4.78, 5) is 27.9. The number of halogens is 3. The average Bonchev–Trinajstić information content (AvgIpc) is 2.65. The van der Waals surface area contributed by atoms with E-state index in [1.165, 1.54) is 30.1 Å². The first-order valence-corrected chi connectivity index (χ1v) is 9.38. The zero-order valence-corrected chi connectivity index (χ0v) is 16.4. The van der Waals surface area contributed by atoms with Crippen LogP contribution in [0.25, 0.3) is 0 Å². The van der Waals surface area contributed by atoms with Crippen molar-refractivity contribution in [3.63, 3.8) is 0 Å². The second-order valence-electron chi connectivity index (χ2n) is 5.32. The second-order valence-corrected chi connectivity index (χ2v) is 7.61. The zero-order chi connectivity index (χ0) is 19.6. The molecule has 0 fully saturated rings. The first-order valence-electron chi connectivity index (χ1n) is 7.43. The summed E-state index contributed by atoms with van der Waals surface area (Å²) >= 11 is 19.2. The Labute approximate surface area is 173 Å². The fourth-order valence-electron chi connectivity index (χ4n) is 2.22. The molecule has 3 aromatic rings. The van der Waals surface area contributed by atoms with Gasteiger partial charge in [-0.3, -0.25) is 14.9 Å². The third-order valence-corrected chi connectivity index (χ3v) is 5.72. The summed E-state index contributed by atoms with van der Waals surface area (Å²) < 4.78 is 0. The molecule has 0 spiro atoms. The highest BCUT2D eigenvalue weighted by atomic mass is 35.5. The molecule has 1 heterocycles. The van der Waals surface area contributed by atoms with Crippen molar-refractivity contribution in [2.75, 3.05) is 0 Å². The standard InChI is InChI=1S/C18H9Cl3N2O3S/c19-14-7-12(23(25)26)8-15(20)18(14)27-13-4-1-10(2-5-13)17(24)11-3-6-16(21)22-9-11/h1-9H. The number of carbonyl (C=O) groups is 1. The first-order chi connectivity index (χ1) is 12.8. The minimum absolute atomic E-state index is 0.174. The lowest BCUT2D eigenvalue weighted by Crippen LogP contribution is -2.01. The number of nitro benzene ring substituents is 1. The molecule has 136 valence electrons. The number of nitrogens with zero attached hydrogens (tertiary/aromatic N) is 2. The fraction of sp³-hybridized carbons (Fsp3) is 0. The van der Waals surface area contributed by atoms with E-state index < -0.39 is 4.92 Å². The van der Waals surface area contributed by atoms with Crippen LogP contribution in [0.3, 0.4) is 0 Å². The molecule has 0 aliphatic carbocycles. The molecule has 0 aliphatic rings. The van der Waals surface area contributed by atoms with Crippen LogP contribution in [-0.2, 0) is 0 Å². The number of hydrogen-bond acceptors (Lipinski definition) is 5. The van der Waals surface area contributed by atoms with Gasteiger partial charge in [0.1, 0.15) is 5.15 Å². The van der Waals surface area contributed by atoms with Crippen molar-refractivity contribution in [1.82, 2.24) is 4.98 Å². The van der Waals surface area contributed by atoms with Gasteiger partial charge in [0, 0.05) is 39.2 Å². The zero-order valence-electron chi connectivity index (χ0n) is 13.4. The third-order valence-electron chi connectivity index (χ3n) is 3.52. The van der Waals surface area contributed by atoms with Gasteiger partial charge in [0.05, 0.1) is 15.0 Å². The monoisotopic (exact) mass is 438 g/mol. The fourth-order valence-corrected chi connectivity index (χ4v) is 3.86. The Morgan fingerprint density at radius 2 is 1.56 bits per heavy atom. The van der Waals surface area contributed by atoms with Gasteiger partial charge in [-0.1, -0.05) is 46.6 Å². The predicted octanol–water partition coefficient (Wildman–Crippen LogP) is 6.33. The maximum atomic E-state index is 12.4. The van der Waals surface area contributed by atoms with Crippen LogP contribution in [0.4, 0.5) is 5.69 Å². The molecule has 0 radical (unpaired) electrons. The maximum absolute atomic E-state index is 12.4. The Kier molecular flexibility index (Phi) is 6.01. The topological polar surface area (TPSA) is 73.1 Å². The lowest BCUT2D eigenvalue weighted by molar-refractivity contribution is -0.384. The summed E-state index contributed by atoms with van der Waals surface area (Å²) in [6, 6.07) is 12.5. The van der Waals surface area contributed by atoms with E-state index in [9.17, 15) is 14.9 Å². The summed E-state index contributed by atoms with van der Waals surface area (Å²) in [5, 5.41) is 11.5. The van der Waals surface area contributed by atoms with E-state index in [1.54, 1.807) is 36.4 Å². The molecule has 1 aromatic heterocycles. The Balaban J connectivity index is 1.81. The van der Waals surface area contributed by atoms with Gasteiger partial charge < -0.3 is 0 Å². The second kappa shape index (κ2) is 8.27. The number of benzene rings is 2. The molecular weight excluding hydrogens is 431 g/mol. The minimum atomic E-state index is -0.557. The number of aromatic nitrogens is 1. The van der Waals surface area contributed by atoms with Crippen LogP contribution in [0.1, 0.15) is 15.9 Å². The van der Waals surface area contributed by atoms with Crippen molar-refractivity contribution in [2.24, 2.45) is 0 Å². The Morgan fingerprint density at radius 3 is 2.07 bits per heavy atom.